The molecule has 0 spiro atoms. The number of aryl methyl sites for hydroxylation is 2. The van der Waals surface area contributed by atoms with Crippen molar-refractivity contribution in [1.82, 2.24) is 0 Å². The third kappa shape index (κ3) is 5.65. The van der Waals surface area contributed by atoms with E-state index in [0.29, 0.717) is 0 Å². The van der Waals surface area contributed by atoms with Crippen LogP contribution in [0.1, 0.15) is 62.1 Å². The zero-order valence-corrected chi connectivity index (χ0v) is 12.7. The first-order chi connectivity index (χ1) is 9.19. The molecule has 2 nitrogen and oxygen atoms in total. The smallest absolute Gasteiger partial charge is 0.125 e. The third-order valence-electron chi connectivity index (χ3n) is 3.45. The minimum atomic E-state index is 0.0966. The van der Waals surface area contributed by atoms with Gasteiger partial charge in [-0.3, -0.25) is 0 Å². The van der Waals surface area contributed by atoms with E-state index in [1.165, 1.54) is 32.1 Å². The molecule has 0 saturated heterocycles. The Labute approximate surface area is 117 Å². The van der Waals surface area contributed by atoms with Crippen molar-refractivity contribution in [2.24, 2.45) is 0 Å². The predicted octanol–water partition coefficient (Wildman–Crippen LogP) is 4.54. The molecule has 1 aromatic carbocycles. The van der Waals surface area contributed by atoms with E-state index in [4.69, 9.17) is 9.84 Å². The summed E-state index contributed by atoms with van der Waals surface area (Å²) in [5, 5.41) is 9.15. The van der Waals surface area contributed by atoms with Crippen LogP contribution in [-0.4, -0.2) is 11.7 Å². The zero-order valence-electron chi connectivity index (χ0n) is 12.7. The summed E-state index contributed by atoms with van der Waals surface area (Å²) in [6.07, 6.45) is 7.70. The normalized spacial score (nSPS) is 10.7. The largest absolute Gasteiger partial charge is 0.493 e. The molecule has 108 valence electrons. The molecule has 0 amide bonds. The SMILES string of the molecule is CCCCCCCCOc1c(C)cc(CO)cc1C. The quantitative estimate of drug-likeness (QED) is 0.664. The van der Waals surface area contributed by atoms with Crippen molar-refractivity contribution in [3.8, 4) is 5.75 Å². The van der Waals surface area contributed by atoms with Crippen LogP contribution in [0.5, 0.6) is 5.75 Å². The molecule has 0 heterocycles. The Hall–Kier alpha value is -1.02. The van der Waals surface area contributed by atoms with Crippen molar-refractivity contribution in [2.75, 3.05) is 6.61 Å². The molecule has 2 heteroatoms. The first-order valence-electron chi connectivity index (χ1n) is 7.52. The second-order valence-corrected chi connectivity index (χ2v) is 5.33. The minimum absolute atomic E-state index is 0.0966. The molecule has 0 aliphatic rings. The molecule has 0 atom stereocenters. The van der Waals surface area contributed by atoms with Crippen molar-refractivity contribution in [3.63, 3.8) is 0 Å². The van der Waals surface area contributed by atoms with Gasteiger partial charge in [0.2, 0.25) is 0 Å². The van der Waals surface area contributed by atoms with Crippen LogP contribution in [-0.2, 0) is 6.61 Å². The molecule has 1 rings (SSSR count). The van der Waals surface area contributed by atoms with Gasteiger partial charge in [0.05, 0.1) is 13.2 Å². The molecule has 0 saturated carbocycles. The highest BCUT2D eigenvalue weighted by Gasteiger charge is 2.06. The molecular weight excluding hydrogens is 236 g/mol. The first-order valence-corrected chi connectivity index (χ1v) is 7.52. The Morgan fingerprint density at radius 3 is 2.11 bits per heavy atom. The van der Waals surface area contributed by atoms with Crippen LogP contribution in [0.2, 0.25) is 0 Å². The molecule has 0 aromatic heterocycles. The van der Waals surface area contributed by atoms with E-state index < -0.39 is 0 Å². The van der Waals surface area contributed by atoms with Gasteiger partial charge in [-0.15, -0.1) is 0 Å². The fourth-order valence-corrected chi connectivity index (χ4v) is 2.42. The molecule has 0 fully saturated rings. The maximum atomic E-state index is 9.15. The van der Waals surface area contributed by atoms with E-state index >= 15 is 0 Å². The zero-order chi connectivity index (χ0) is 14.1. The van der Waals surface area contributed by atoms with Gasteiger partial charge >= 0.3 is 0 Å². The van der Waals surface area contributed by atoms with E-state index in [2.05, 4.69) is 6.92 Å². The Morgan fingerprint density at radius 2 is 1.53 bits per heavy atom. The number of benzene rings is 1. The van der Waals surface area contributed by atoms with Gasteiger partial charge in [-0.25, -0.2) is 0 Å². The lowest BCUT2D eigenvalue weighted by molar-refractivity contribution is 0.280. The first kappa shape index (κ1) is 16.0. The summed E-state index contributed by atoms with van der Waals surface area (Å²) >= 11 is 0. The second-order valence-electron chi connectivity index (χ2n) is 5.33. The number of rotatable bonds is 9. The van der Waals surface area contributed by atoms with Crippen molar-refractivity contribution in [3.05, 3.63) is 28.8 Å². The number of hydrogen-bond donors (Lipinski definition) is 1. The average molecular weight is 264 g/mol. The lowest BCUT2D eigenvalue weighted by atomic mass is 10.1. The molecule has 0 aliphatic heterocycles. The van der Waals surface area contributed by atoms with Crippen LogP contribution in [0, 0.1) is 13.8 Å². The Balaban J connectivity index is 2.33. The van der Waals surface area contributed by atoms with E-state index in [1.807, 2.05) is 26.0 Å². The molecular formula is C17H28O2. The molecule has 0 bridgehead atoms. The van der Waals surface area contributed by atoms with Crippen LogP contribution in [0.3, 0.4) is 0 Å². The standard InChI is InChI=1S/C17H28O2/c1-4-5-6-7-8-9-10-19-17-14(2)11-16(13-18)12-15(17)3/h11-12,18H,4-10,13H2,1-3H3. The van der Waals surface area contributed by atoms with Crippen LogP contribution in [0.25, 0.3) is 0 Å². The van der Waals surface area contributed by atoms with E-state index in [-0.39, 0.29) is 6.61 Å². The summed E-state index contributed by atoms with van der Waals surface area (Å²) < 4.78 is 5.89. The summed E-state index contributed by atoms with van der Waals surface area (Å²) in [4.78, 5) is 0. The maximum Gasteiger partial charge on any atom is 0.125 e. The van der Waals surface area contributed by atoms with Crippen LogP contribution in [0.4, 0.5) is 0 Å². The Morgan fingerprint density at radius 1 is 0.947 bits per heavy atom. The van der Waals surface area contributed by atoms with Gasteiger partial charge in [0.15, 0.2) is 0 Å². The van der Waals surface area contributed by atoms with Gasteiger partial charge in [-0.1, -0.05) is 51.2 Å². The van der Waals surface area contributed by atoms with Crippen LogP contribution >= 0.6 is 0 Å². The summed E-state index contributed by atoms with van der Waals surface area (Å²) in [6, 6.07) is 4.01. The average Bonchev–Trinajstić information content (AvgIpc) is 2.40. The van der Waals surface area contributed by atoms with Gasteiger partial charge in [0, 0.05) is 0 Å². The van der Waals surface area contributed by atoms with Crippen molar-refractivity contribution >= 4 is 0 Å². The van der Waals surface area contributed by atoms with Gasteiger partial charge in [0.25, 0.3) is 0 Å². The van der Waals surface area contributed by atoms with Crippen molar-refractivity contribution in [2.45, 2.75) is 65.9 Å². The van der Waals surface area contributed by atoms with Crippen LogP contribution in [0.15, 0.2) is 12.1 Å². The third-order valence-corrected chi connectivity index (χ3v) is 3.45. The molecule has 0 aliphatic carbocycles. The molecule has 19 heavy (non-hydrogen) atoms. The Bertz CT molecular complexity index is 349. The molecule has 1 N–H and O–H groups in total. The van der Waals surface area contributed by atoms with Gasteiger partial charge in [-0.2, -0.15) is 0 Å². The summed E-state index contributed by atoms with van der Waals surface area (Å²) in [6.45, 7) is 7.22. The number of ether oxygens (including phenoxy) is 1. The van der Waals surface area contributed by atoms with Crippen LogP contribution < -0.4 is 4.74 Å². The van der Waals surface area contributed by atoms with E-state index in [0.717, 1.165) is 35.5 Å². The minimum Gasteiger partial charge on any atom is -0.493 e. The van der Waals surface area contributed by atoms with Gasteiger partial charge < -0.3 is 9.84 Å². The monoisotopic (exact) mass is 264 g/mol. The van der Waals surface area contributed by atoms with Crippen molar-refractivity contribution in [1.29, 1.82) is 0 Å². The highest BCUT2D eigenvalue weighted by atomic mass is 16.5. The summed E-state index contributed by atoms with van der Waals surface area (Å²) in [7, 11) is 0. The molecule has 0 radical (unpaired) electrons. The number of hydrogen-bond acceptors (Lipinski definition) is 2. The van der Waals surface area contributed by atoms with Gasteiger partial charge in [0.1, 0.15) is 5.75 Å². The van der Waals surface area contributed by atoms with E-state index in [9.17, 15) is 0 Å². The number of aliphatic hydroxyl groups is 1. The fraction of sp³-hybridized carbons (Fsp3) is 0.647. The van der Waals surface area contributed by atoms with Crippen molar-refractivity contribution < 1.29 is 9.84 Å². The molecule has 1 aromatic rings. The topological polar surface area (TPSA) is 29.5 Å². The lowest BCUT2D eigenvalue weighted by Gasteiger charge is -2.13. The fourth-order valence-electron chi connectivity index (χ4n) is 2.42. The summed E-state index contributed by atoms with van der Waals surface area (Å²) in [5.74, 6) is 0.991. The number of aliphatic hydroxyl groups excluding tert-OH is 1. The Kier molecular flexibility index (Phi) is 7.57. The molecule has 0 unspecified atom stereocenters. The highest BCUT2D eigenvalue weighted by Crippen LogP contribution is 2.25. The number of unbranched alkanes of at least 4 members (excludes halogenated alkanes) is 5. The van der Waals surface area contributed by atoms with E-state index in [1.54, 1.807) is 0 Å². The second kappa shape index (κ2) is 8.98. The lowest BCUT2D eigenvalue weighted by Crippen LogP contribution is -2.01. The summed E-state index contributed by atoms with van der Waals surface area (Å²) in [5.41, 5.74) is 3.20. The highest BCUT2D eigenvalue weighted by molar-refractivity contribution is 5.43. The maximum absolute atomic E-state index is 9.15. The predicted molar refractivity (Wildman–Crippen MR) is 80.7 cm³/mol. The van der Waals surface area contributed by atoms with Gasteiger partial charge in [-0.05, 0) is 37.0 Å².